The van der Waals surface area contributed by atoms with Gasteiger partial charge in [0.2, 0.25) is 0 Å². The molecule has 0 spiro atoms. The third-order valence-electron chi connectivity index (χ3n) is 2.35. The van der Waals surface area contributed by atoms with Crippen LogP contribution in [0.3, 0.4) is 0 Å². The van der Waals surface area contributed by atoms with E-state index in [1.807, 2.05) is 0 Å². The lowest BCUT2D eigenvalue weighted by atomic mass is 9.96. The molecule has 0 aromatic rings. The zero-order chi connectivity index (χ0) is 14.1. The summed E-state index contributed by atoms with van der Waals surface area (Å²) < 4.78 is 19.1. The van der Waals surface area contributed by atoms with E-state index >= 15 is 0 Å². The van der Waals surface area contributed by atoms with Crippen LogP contribution in [0.15, 0.2) is 0 Å². The van der Waals surface area contributed by atoms with Crippen LogP contribution in [0.2, 0.25) is 0 Å². The van der Waals surface area contributed by atoms with Gasteiger partial charge in [-0.1, -0.05) is 0 Å². The van der Waals surface area contributed by atoms with Gasteiger partial charge in [-0.3, -0.25) is 4.52 Å². The highest BCUT2D eigenvalue weighted by Gasteiger charge is 2.50. The van der Waals surface area contributed by atoms with Gasteiger partial charge in [0.05, 0.1) is 12.7 Å². The largest absolute Gasteiger partial charge is 0.477 e. The molecule has 0 saturated carbocycles. The molecule has 4 atom stereocenters. The maximum Gasteiger partial charge on any atom is 0.469 e. The lowest BCUT2D eigenvalue weighted by Gasteiger charge is -2.39. The van der Waals surface area contributed by atoms with Gasteiger partial charge in [0.15, 0.2) is 0 Å². The second-order valence-electron chi connectivity index (χ2n) is 3.79. The Kier molecular flexibility index (Phi) is 4.47. The lowest BCUT2D eigenvalue weighted by molar-refractivity contribution is -0.297. The van der Waals surface area contributed by atoms with Crippen LogP contribution in [0.4, 0.5) is 0 Å². The highest BCUT2D eigenvalue weighted by molar-refractivity contribution is 7.46. The zero-order valence-electron chi connectivity index (χ0n) is 8.91. The molecule has 1 aliphatic heterocycles. The molecule has 0 amide bonds. The SMILES string of the molecule is O=C(O)[C@@]1(O)C[C@@H](O)[C@H](O)[C@@H](COP(=O)(O)O)O1. The first-order valence-corrected chi connectivity index (χ1v) is 6.28. The maximum atomic E-state index is 10.7. The van der Waals surface area contributed by atoms with Crippen molar-refractivity contribution in [2.24, 2.45) is 0 Å². The predicted octanol–water partition coefficient (Wildman–Crippen LogP) is -2.62. The molecule has 18 heavy (non-hydrogen) atoms. The smallest absolute Gasteiger partial charge is 0.469 e. The Bertz CT molecular complexity index is 365. The lowest BCUT2D eigenvalue weighted by Crippen LogP contribution is -2.59. The van der Waals surface area contributed by atoms with E-state index in [1.165, 1.54) is 0 Å². The number of aliphatic hydroxyl groups excluding tert-OH is 2. The summed E-state index contributed by atoms with van der Waals surface area (Å²) in [5.41, 5.74) is 0. The average Bonchev–Trinajstić information content (AvgIpc) is 2.20. The van der Waals surface area contributed by atoms with Crippen LogP contribution in [0.25, 0.3) is 0 Å². The van der Waals surface area contributed by atoms with E-state index in [4.69, 9.17) is 14.9 Å². The van der Waals surface area contributed by atoms with Crippen molar-refractivity contribution in [3.63, 3.8) is 0 Å². The average molecular weight is 288 g/mol. The van der Waals surface area contributed by atoms with Crippen LogP contribution < -0.4 is 0 Å². The number of rotatable bonds is 4. The second kappa shape index (κ2) is 5.19. The molecule has 1 fully saturated rings. The van der Waals surface area contributed by atoms with Crippen LogP contribution in [0.1, 0.15) is 6.42 Å². The fraction of sp³-hybridized carbons (Fsp3) is 0.857. The summed E-state index contributed by atoms with van der Waals surface area (Å²) in [5, 5.41) is 37.0. The van der Waals surface area contributed by atoms with Gasteiger partial charge in [-0.25, -0.2) is 9.36 Å². The van der Waals surface area contributed by atoms with Crippen molar-refractivity contribution in [3.8, 4) is 0 Å². The van der Waals surface area contributed by atoms with E-state index in [-0.39, 0.29) is 0 Å². The van der Waals surface area contributed by atoms with Crippen LogP contribution in [-0.4, -0.2) is 66.9 Å². The summed E-state index contributed by atoms with van der Waals surface area (Å²) in [4.78, 5) is 27.6. The molecule has 0 aromatic heterocycles. The summed E-state index contributed by atoms with van der Waals surface area (Å²) in [6.45, 7) is -0.891. The topological polar surface area (TPSA) is 174 Å². The first-order chi connectivity index (χ1) is 8.05. The number of hydrogen-bond donors (Lipinski definition) is 6. The minimum absolute atomic E-state index is 0.782. The molecule has 0 radical (unpaired) electrons. The molecular weight excluding hydrogens is 275 g/mol. The number of ether oxygens (including phenoxy) is 1. The van der Waals surface area contributed by atoms with Crippen LogP contribution in [-0.2, 0) is 18.6 Å². The van der Waals surface area contributed by atoms with Crippen molar-refractivity contribution in [1.29, 1.82) is 0 Å². The molecule has 11 heteroatoms. The van der Waals surface area contributed by atoms with Crippen molar-refractivity contribution in [2.45, 2.75) is 30.5 Å². The minimum atomic E-state index is -4.85. The fourth-order valence-electron chi connectivity index (χ4n) is 1.46. The minimum Gasteiger partial charge on any atom is -0.477 e. The van der Waals surface area contributed by atoms with E-state index in [9.17, 15) is 24.7 Å². The molecule has 1 heterocycles. The number of carboxylic acid groups (broad SMARTS) is 1. The van der Waals surface area contributed by atoms with E-state index in [1.54, 1.807) is 0 Å². The van der Waals surface area contributed by atoms with Crippen molar-refractivity contribution >= 4 is 13.8 Å². The molecule has 0 bridgehead atoms. The molecule has 0 unspecified atom stereocenters. The van der Waals surface area contributed by atoms with Crippen molar-refractivity contribution in [1.82, 2.24) is 0 Å². The van der Waals surface area contributed by atoms with Crippen molar-refractivity contribution in [2.75, 3.05) is 6.61 Å². The highest BCUT2D eigenvalue weighted by atomic mass is 31.2. The fourth-order valence-corrected chi connectivity index (χ4v) is 1.80. The Hall–Kier alpha value is -0.580. The number of hydrogen-bond acceptors (Lipinski definition) is 7. The molecule has 10 nitrogen and oxygen atoms in total. The molecule has 0 aromatic carbocycles. The van der Waals surface area contributed by atoms with Crippen molar-refractivity contribution in [3.05, 3.63) is 0 Å². The maximum absolute atomic E-state index is 10.7. The summed E-state index contributed by atoms with van der Waals surface area (Å²) in [7, 11) is -4.85. The molecule has 1 aliphatic rings. The summed E-state index contributed by atoms with van der Waals surface area (Å²) in [5.74, 6) is -4.55. The molecular formula is C7H13O10P. The Labute approximate surface area is 101 Å². The Balaban J connectivity index is 2.76. The molecule has 0 aliphatic carbocycles. The quantitative estimate of drug-likeness (QED) is 0.300. The van der Waals surface area contributed by atoms with Crippen LogP contribution in [0.5, 0.6) is 0 Å². The summed E-state index contributed by atoms with van der Waals surface area (Å²) in [6.07, 6.45) is -5.65. The first kappa shape index (κ1) is 15.5. The number of carbonyl (C=O) groups is 1. The Morgan fingerprint density at radius 3 is 2.44 bits per heavy atom. The summed E-state index contributed by atoms with van der Waals surface area (Å²) >= 11 is 0. The Morgan fingerprint density at radius 1 is 1.44 bits per heavy atom. The standard InChI is InChI=1S/C7H13O10P/c8-3-1-7(12,6(10)11)17-4(5(3)9)2-16-18(13,14)15/h3-5,8-9,12H,1-2H2,(H,10,11)(H2,13,14,15)/t3-,4-,5+,7-/m1/s1. The van der Waals surface area contributed by atoms with Gasteiger partial charge in [-0.15, -0.1) is 0 Å². The van der Waals surface area contributed by atoms with Gasteiger partial charge in [0.25, 0.3) is 5.79 Å². The van der Waals surface area contributed by atoms with Gasteiger partial charge in [-0.05, 0) is 0 Å². The molecule has 1 saturated heterocycles. The number of phosphoric acid groups is 1. The number of phosphoric ester groups is 1. The molecule has 1 rings (SSSR count). The number of aliphatic hydroxyl groups is 3. The van der Waals surface area contributed by atoms with Crippen LogP contribution >= 0.6 is 7.82 Å². The van der Waals surface area contributed by atoms with E-state index in [0.717, 1.165) is 0 Å². The first-order valence-electron chi connectivity index (χ1n) is 4.75. The van der Waals surface area contributed by atoms with Crippen LogP contribution in [0, 0.1) is 0 Å². The third-order valence-corrected chi connectivity index (χ3v) is 2.83. The monoisotopic (exact) mass is 288 g/mol. The molecule has 106 valence electrons. The van der Waals surface area contributed by atoms with Gasteiger partial charge in [0, 0.05) is 6.42 Å². The second-order valence-corrected chi connectivity index (χ2v) is 5.03. The van der Waals surface area contributed by atoms with Crippen molar-refractivity contribution < 1.29 is 48.8 Å². The molecule has 6 N–H and O–H groups in total. The highest BCUT2D eigenvalue weighted by Crippen LogP contribution is 2.37. The van der Waals surface area contributed by atoms with Gasteiger partial charge < -0.3 is 34.9 Å². The third kappa shape index (κ3) is 3.70. The van der Waals surface area contributed by atoms with Gasteiger partial charge in [0.1, 0.15) is 12.2 Å². The predicted molar refractivity (Wildman–Crippen MR) is 52.1 cm³/mol. The normalized spacial score (nSPS) is 37.5. The number of carboxylic acids is 1. The zero-order valence-corrected chi connectivity index (χ0v) is 9.80. The number of aliphatic carboxylic acids is 1. The Morgan fingerprint density at radius 2 is 2.00 bits per heavy atom. The van der Waals surface area contributed by atoms with E-state index < -0.39 is 50.9 Å². The van der Waals surface area contributed by atoms with E-state index in [0.29, 0.717) is 0 Å². The van der Waals surface area contributed by atoms with Gasteiger partial charge >= 0.3 is 13.8 Å². The summed E-state index contributed by atoms with van der Waals surface area (Å²) in [6, 6.07) is 0. The van der Waals surface area contributed by atoms with E-state index in [2.05, 4.69) is 9.26 Å². The van der Waals surface area contributed by atoms with Gasteiger partial charge in [-0.2, -0.15) is 0 Å².